The van der Waals surface area contributed by atoms with Gasteiger partial charge in [0.1, 0.15) is 23.0 Å². The zero-order valence-electron chi connectivity index (χ0n) is 26.1. The predicted octanol–water partition coefficient (Wildman–Crippen LogP) is 9.82. The average Bonchev–Trinajstić information content (AvgIpc) is 3.71. The number of hydrogen-bond donors (Lipinski definition) is 1. The van der Waals surface area contributed by atoms with Gasteiger partial charge in [-0.2, -0.15) is 5.10 Å². The summed E-state index contributed by atoms with van der Waals surface area (Å²) in [4.78, 5) is 18.6. The van der Waals surface area contributed by atoms with E-state index >= 15 is 0 Å². The molecule has 2 aliphatic rings. The molecule has 1 fully saturated rings. The van der Waals surface area contributed by atoms with Gasteiger partial charge in [-0.15, -0.1) is 0 Å². The van der Waals surface area contributed by atoms with E-state index in [0.29, 0.717) is 21.2 Å². The van der Waals surface area contributed by atoms with Crippen molar-refractivity contribution in [3.05, 3.63) is 117 Å². The Morgan fingerprint density at radius 2 is 1.79 bits per heavy atom. The van der Waals surface area contributed by atoms with Crippen LogP contribution in [0.15, 0.2) is 92.8 Å². The zero-order valence-corrected chi connectivity index (χ0v) is 26.9. The number of benzene rings is 3. The first-order chi connectivity index (χ1) is 22.9. The number of unbranched alkanes of at least 4 members (excludes halogenated alkanes) is 3. The first-order valence-corrected chi connectivity index (χ1v) is 17.0. The Labute approximate surface area is 275 Å². The highest BCUT2D eigenvalue weighted by Gasteiger charge is 2.43. The van der Waals surface area contributed by atoms with Gasteiger partial charge in [-0.1, -0.05) is 61.8 Å². The lowest BCUT2D eigenvalue weighted by Crippen LogP contribution is -2.28. The van der Waals surface area contributed by atoms with Gasteiger partial charge in [0.25, 0.3) is 0 Å². The number of rotatable bonds is 9. The van der Waals surface area contributed by atoms with E-state index in [9.17, 15) is 18.7 Å². The number of halogens is 2. The fourth-order valence-electron chi connectivity index (χ4n) is 6.72. The second kappa shape index (κ2) is 13.2. The first-order valence-electron chi connectivity index (χ1n) is 16.2. The van der Waals surface area contributed by atoms with Crippen LogP contribution < -0.4 is 10.6 Å². The minimum Gasteiger partial charge on any atom is -0.508 e. The maximum absolute atomic E-state index is 14.0. The van der Waals surface area contributed by atoms with E-state index in [-0.39, 0.29) is 29.3 Å². The van der Waals surface area contributed by atoms with E-state index in [0.717, 1.165) is 84.7 Å². The standard InChI is InChI=1S/C38H35F2N3O3S/c1-2-3-4-5-7-25-19-27-20-31(37(45)46-33(27)21-32(25)44)34-22-41-38(47-34)43-36(24-12-16-29(40)17-13-24)30-9-6-8-26(35(30)42-43)18-23-10-14-28(39)15-11-23/h10-22,30,36,44H,2-9H2,1H3/b26-18+/t30-,36-/m0/s1. The summed E-state index contributed by atoms with van der Waals surface area (Å²) in [5.41, 5.74) is 4.91. The van der Waals surface area contributed by atoms with E-state index in [2.05, 4.69) is 13.0 Å². The van der Waals surface area contributed by atoms with Crippen LogP contribution in [-0.2, 0) is 6.42 Å². The molecule has 2 aromatic heterocycles. The largest absolute Gasteiger partial charge is 0.508 e. The summed E-state index contributed by atoms with van der Waals surface area (Å²) in [6.07, 6.45) is 11.5. The number of allylic oxidation sites excluding steroid dienone is 1. The van der Waals surface area contributed by atoms with Crippen LogP contribution in [0.25, 0.3) is 27.5 Å². The number of thiazole rings is 1. The lowest BCUT2D eigenvalue weighted by atomic mass is 9.77. The van der Waals surface area contributed by atoms with Crippen LogP contribution in [0.4, 0.5) is 13.9 Å². The third-order valence-electron chi connectivity index (χ3n) is 9.11. The first kappa shape index (κ1) is 31.0. The number of fused-ring (bicyclic) bond motifs is 2. The van der Waals surface area contributed by atoms with Crippen molar-refractivity contribution in [2.45, 2.75) is 64.3 Å². The van der Waals surface area contributed by atoms with Crippen LogP contribution in [0.3, 0.4) is 0 Å². The lowest BCUT2D eigenvalue weighted by molar-refractivity contribution is 0.464. The molecule has 3 heterocycles. The van der Waals surface area contributed by atoms with Crippen LogP contribution >= 0.6 is 11.3 Å². The molecule has 1 saturated carbocycles. The maximum atomic E-state index is 14.0. The molecule has 0 saturated heterocycles. The monoisotopic (exact) mass is 651 g/mol. The van der Waals surface area contributed by atoms with Gasteiger partial charge >= 0.3 is 5.63 Å². The fraction of sp³-hybridized carbons (Fsp3) is 0.289. The number of aryl methyl sites for hydroxylation is 1. The summed E-state index contributed by atoms with van der Waals surface area (Å²) in [7, 11) is 0. The molecule has 2 atom stereocenters. The van der Waals surface area contributed by atoms with Crippen molar-refractivity contribution >= 4 is 39.2 Å². The highest BCUT2D eigenvalue weighted by molar-refractivity contribution is 7.18. The number of anilines is 1. The Morgan fingerprint density at radius 1 is 1.02 bits per heavy atom. The van der Waals surface area contributed by atoms with Crippen LogP contribution in [-0.4, -0.2) is 15.8 Å². The average molecular weight is 652 g/mol. The van der Waals surface area contributed by atoms with Crippen molar-refractivity contribution in [3.63, 3.8) is 0 Å². The molecule has 3 aromatic carbocycles. The summed E-state index contributed by atoms with van der Waals surface area (Å²) >= 11 is 1.35. The number of nitrogens with zero attached hydrogens (tertiary/aromatic N) is 3. The predicted molar refractivity (Wildman–Crippen MR) is 184 cm³/mol. The van der Waals surface area contributed by atoms with Gasteiger partial charge < -0.3 is 9.52 Å². The molecule has 0 spiro atoms. The van der Waals surface area contributed by atoms with Crippen LogP contribution in [0.1, 0.15) is 74.6 Å². The van der Waals surface area contributed by atoms with Crippen molar-refractivity contribution in [1.82, 2.24) is 4.98 Å². The molecule has 1 aliphatic carbocycles. The normalized spacial score (nSPS) is 18.6. The molecule has 9 heteroatoms. The smallest absolute Gasteiger partial charge is 0.345 e. The van der Waals surface area contributed by atoms with Gasteiger partial charge in [0, 0.05) is 23.6 Å². The molecule has 0 unspecified atom stereocenters. The molecule has 1 aliphatic heterocycles. The van der Waals surface area contributed by atoms with Crippen LogP contribution in [0.2, 0.25) is 0 Å². The maximum Gasteiger partial charge on any atom is 0.345 e. The molecule has 0 amide bonds. The SMILES string of the molecule is CCCCCCc1cc2cc(-c3cnc(N4N=C5/C(=C/c6ccc(F)cc6)CCC[C@@H]5[C@@H]4c4ccc(F)cc4)s3)c(=O)oc2cc1O. The van der Waals surface area contributed by atoms with Crippen molar-refractivity contribution in [3.8, 4) is 16.2 Å². The number of phenols is 1. The third-order valence-corrected chi connectivity index (χ3v) is 10.1. The van der Waals surface area contributed by atoms with Crippen LogP contribution in [0.5, 0.6) is 5.75 Å². The minimum atomic E-state index is -0.510. The highest BCUT2D eigenvalue weighted by Crippen LogP contribution is 2.47. The zero-order chi connectivity index (χ0) is 32.5. The molecule has 240 valence electrons. The van der Waals surface area contributed by atoms with Gasteiger partial charge in [-0.05, 0) is 96.8 Å². The summed E-state index contributed by atoms with van der Waals surface area (Å²) in [5, 5.41) is 19.0. The highest BCUT2D eigenvalue weighted by atomic mass is 32.1. The molecule has 1 N–H and O–H groups in total. The summed E-state index contributed by atoms with van der Waals surface area (Å²) < 4.78 is 33.3. The Kier molecular flexibility index (Phi) is 8.73. The van der Waals surface area contributed by atoms with Gasteiger partial charge in [0.05, 0.1) is 22.2 Å². The Balaban J connectivity index is 1.25. The minimum absolute atomic E-state index is 0.0439. The third kappa shape index (κ3) is 6.37. The fourth-order valence-corrected chi connectivity index (χ4v) is 7.63. The number of hydrazone groups is 1. The van der Waals surface area contributed by atoms with Gasteiger partial charge in [-0.25, -0.2) is 23.6 Å². The van der Waals surface area contributed by atoms with Gasteiger partial charge in [0.15, 0.2) is 0 Å². The molecule has 47 heavy (non-hydrogen) atoms. The Hall–Kier alpha value is -4.63. The van der Waals surface area contributed by atoms with Crippen molar-refractivity contribution < 1.29 is 18.3 Å². The van der Waals surface area contributed by atoms with Crippen molar-refractivity contribution in [1.29, 1.82) is 0 Å². The van der Waals surface area contributed by atoms with E-state index in [1.807, 2.05) is 17.1 Å². The molecule has 5 aromatic rings. The van der Waals surface area contributed by atoms with E-state index < -0.39 is 5.63 Å². The molecule has 0 bridgehead atoms. The van der Waals surface area contributed by atoms with Gasteiger partial charge in [0.2, 0.25) is 5.13 Å². The summed E-state index contributed by atoms with van der Waals surface area (Å²) in [5.74, 6) is -0.408. The summed E-state index contributed by atoms with van der Waals surface area (Å²) in [6, 6.07) is 18.0. The Bertz CT molecular complexity index is 2030. The molecule has 0 radical (unpaired) electrons. The number of hydrogen-bond acceptors (Lipinski definition) is 7. The van der Waals surface area contributed by atoms with Crippen molar-refractivity contribution in [2.24, 2.45) is 11.0 Å². The van der Waals surface area contributed by atoms with E-state index in [1.54, 1.807) is 30.5 Å². The number of phenolic OH excluding ortho intramolecular Hbond substituents is 1. The molecular weight excluding hydrogens is 616 g/mol. The lowest BCUT2D eigenvalue weighted by Gasteiger charge is -2.29. The molecular formula is C38H35F2N3O3S. The quantitative estimate of drug-likeness (QED) is 0.127. The number of aromatic hydroxyl groups is 1. The Morgan fingerprint density at radius 3 is 2.55 bits per heavy atom. The second-order valence-electron chi connectivity index (χ2n) is 12.3. The molecule has 6 nitrogen and oxygen atoms in total. The number of aromatic nitrogens is 1. The topological polar surface area (TPSA) is 78.9 Å². The van der Waals surface area contributed by atoms with Crippen LogP contribution in [0, 0.1) is 17.6 Å². The van der Waals surface area contributed by atoms with Crippen molar-refractivity contribution in [2.75, 3.05) is 5.01 Å². The summed E-state index contributed by atoms with van der Waals surface area (Å²) in [6.45, 7) is 2.17. The van der Waals surface area contributed by atoms with Gasteiger partial charge in [-0.3, -0.25) is 0 Å². The molecule has 7 rings (SSSR count). The second-order valence-corrected chi connectivity index (χ2v) is 13.3. The van der Waals surface area contributed by atoms with E-state index in [1.165, 1.54) is 41.7 Å². The van der Waals surface area contributed by atoms with E-state index in [4.69, 9.17) is 14.5 Å².